The second-order valence-corrected chi connectivity index (χ2v) is 8.71. The first-order valence-electron chi connectivity index (χ1n) is 9.73. The van der Waals surface area contributed by atoms with Crippen molar-refractivity contribution in [3.8, 4) is 17.1 Å². The molecular formula is C23H19BrN6OS. The molecule has 4 rings (SSSR count). The monoisotopic (exact) mass is 506 g/mol. The molecule has 0 aliphatic rings. The topological polar surface area (TPSA) is 85.1 Å². The van der Waals surface area contributed by atoms with Crippen molar-refractivity contribution < 1.29 is 4.79 Å². The average molecular weight is 507 g/mol. The lowest BCUT2D eigenvalue weighted by atomic mass is 10.2. The fourth-order valence-corrected chi connectivity index (χ4v) is 3.97. The normalized spacial score (nSPS) is 11.1. The lowest BCUT2D eigenvalue weighted by molar-refractivity contribution is -0.118. The van der Waals surface area contributed by atoms with Crippen LogP contribution >= 0.6 is 27.7 Å². The standard InChI is InChI=1S/C23H19BrN6OS/c1-16-4-2-5-17(12-16)13-26-27-21(31)15-32-23-29-28-22(18-6-3-11-25-14-18)30(23)20-9-7-19(24)8-10-20/h2-14H,15H2,1H3,(H,27,31). The highest BCUT2D eigenvalue weighted by Gasteiger charge is 2.17. The third-order valence-corrected chi connectivity index (χ3v) is 5.87. The second-order valence-electron chi connectivity index (χ2n) is 6.86. The molecule has 9 heteroatoms. The molecule has 7 nitrogen and oxygen atoms in total. The van der Waals surface area contributed by atoms with Crippen LogP contribution < -0.4 is 5.43 Å². The number of benzene rings is 2. The fraction of sp³-hybridized carbons (Fsp3) is 0.0870. The van der Waals surface area contributed by atoms with E-state index in [9.17, 15) is 4.79 Å². The van der Waals surface area contributed by atoms with Crippen LogP contribution in [0.2, 0.25) is 0 Å². The Morgan fingerprint density at radius 3 is 2.75 bits per heavy atom. The first-order chi connectivity index (χ1) is 15.6. The predicted molar refractivity (Wildman–Crippen MR) is 130 cm³/mol. The summed E-state index contributed by atoms with van der Waals surface area (Å²) in [6, 6.07) is 19.5. The summed E-state index contributed by atoms with van der Waals surface area (Å²) in [5.41, 5.74) is 6.34. The van der Waals surface area contributed by atoms with Gasteiger partial charge in [-0.15, -0.1) is 10.2 Å². The maximum absolute atomic E-state index is 12.3. The van der Waals surface area contributed by atoms with Crippen molar-refractivity contribution in [2.75, 3.05) is 5.75 Å². The number of nitrogens with one attached hydrogen (secondary N) is 1. The van der Waals surface area contributed by atoms with E-state index in [-0.39, 0.29) is 11.7 Å². The lowest BCUT2D eigenvalue weighted by Crippen LogP contribution is -2.20. The van der Waals surface area contributed by atoms with Crippen LogP contribution in [0, 0.1) is 6.92 Å². The number of amides is 1. The molecular weight excluding hydrogens is 488 g/mol. The van der Waals surface area contributed by atoms with Gasteiger partial charge in [-0.1, -0.05) is 57.5 Å². The number of hydrogen-bond acceptors (Lipinski definition) is 6. The van der Waals surface area contributed by atoms with Crippen molar-refractivity contribution in [2.24, 2.45) is 5.10 Å². The molecule has 2 aromatic carbocycles. The highest BCUT2D eigenvalue weighted by atomic mass is 79.9. The van der Waals surface area contributed by atoms with Crippen LogP contribution in [0.1, 0.15) is 11.1 Å². The van der Waals surface area contributed by atoms with E-state index in [0.717, 1.165) is 26.9 Å². The van der Waals surface area contributed by atoms with Gasteiger partial charge in [-0.2, -0.15) is 5.10 Å². The number of aryl methyl sites for hydroxylation is 1. The molecule has 0 atom stereocenters. The van der Waals surface area contributed by atoms with E-state index >= 15 is 0 Å². The molecule has 0 saturated carbocycles. The smallest absolute Gasteiger partial charge is 0.250 e. The molecule has 4 aromatic rings. The molecule has 0 saturated heterocycles. The van der Waals surface area contributed by atoms with Gasteiger partial charge >= 0.3 is 0 Å². The molecule has 1 N–H and O–H groups in total. The van der Waals surface area contributed by atoms with Crippen LogP contribution in [0.25, 0.3) is 17.1 Å². The number of aromatic nitrogens is 4. The van der Waals surface area contributed by atoms with E-state index in [2.05, 4.69) is 41.6 Å². The Morgan fingerprint density at radius 2 is 2.00 bits per heavy atom. The summed E-state index contributed by atoms with van der Waals surface area (Å²) < 4.78 is 2.88. The lowest BCUT2D eigenvalue weighted by Gasteiger charge is -2.10. The predicted octanol–water partition coefficient (Wildman–Crippen LogP) is 4.64. The van der Waals surface area contributed by atoms with E-state index in [1.54, 1.807) is 18.6 Å². The largest absolute Gasteiger partial charge is 0.272 e. The van der Waals surface area contributed by atoms with E-state index in [4.69, 9.17) is 0 Å². The van der Waals surface area contributed by atoms with Gasteiger partial charge in [-0.25, -0.2) is 5.43 Å². The maximum atomic E-state index is 12.3. The third kappa shape index (κ3) is 5.49. The van der Waals surface area contributed by atoms with Gasteiger partial charge in [0.2, 0.25) is 0 Å². The number of hydrazone groups is 1. The van der Waals surface area contributed by atoms with Crippen LogP contribution in [0.4, 0.5) is 0 Å². The first kappa shape index (κ1) is 21.9. The van der Waals surface area contributed by atoms with Gasteiger partial charge in [0.15, 0.2) is 11.0 Å². The molecule has 0 spiro atoms. The van der Waals surface area contributed by atoms with Gasteiger partial charge in [0, 0.05) is 28.1 Å². The van der Waals surface area contributed by atoms with Gasteiger partial charge in [-0.3, -0.25) is 14.3 Å². The SMILES string of the molecule is Cc1cccc(C=NNC(=O)CSc2nnc(-c3cccnc3)n2-c2ccc(Br)cc2)c1. The fourth-order valence-electron chi connectivity index (χ4n) is 2.96. The van der Waals surface area contributed by atoms with Gasteiger partial charge in [0.25, 0.3) is 5.91 Å². The first-order valence-corrected chi connectivity index (χ1v) is 11.5. The molecule has 2 aromatic heterocycles. The summed E-state index contributed by atoms with van der Waals surface area (Å²) >= 11 is 4.75. The minimum absolute atomic E-state index is 0.146. The molecule has 160 valence electrons. The number of carbonyl (C=O) groups is 1. The van der Waals surface area contributed by atoms with Gasteiger partial charge in [0.1, 0.15) is 0 Å². The molecule has 32 heavy (non-hydrogen) atoms. The highest BCUT2D eigenvalue weighted by Crippen LogP contribution is 2.28. The zero-order valence-corrected chi connectivity index (χ0v) is 19.5. The van der Waals surface area contributed by atoms with Crippen LogP contribution in [-0.2, 0) is 4.79 Å². The van der Waals surface area contributed by atoms with E-state index in [1.165, 1.54) is 11.8 Å². The van der Waals surface area contributed by atoms with Crippen molar-refractivity contribution in [1.82, 2.24) is 25.2 Å². The average Bonchev–Trinajstić information content (AvgIpc) is 3.23. The molecule has 0 unspecified atom stereocenters. The van der Waals surface area contributed by atoms with Crippen molar-refractivity contribution in [3.63, 3.8) is 0 Å². The highest BCUT2D eigenvalue weighted by molar-refractivity contribution is 9.10. The minimum Gasteiger partial charge on any atom is -0.272 e. The summed E-state index contributed by atoms with van der Waals surface area (Å²) in [7, 11) is 0. The van der Waals surface area contributed by atoms with Crippen molar-refractivity contribution in [1.29, 1.82) is 0 Å². The number of thioether (sulfide) groups is 1. The Balaban J connectivity index is 1.50. The number of hydrogen-bond donors (Lipinski definition) is 1. The quantitative estimate of drug-likeness (QED) is 0.224. The number of halogens is 1. The number of pyridine rings is 1. The van der Waals surface area contributed by atoms with Crippen LogP contribution in [0.15, 0.2) is 87.8 Å². The minimum atomic E-state index is -0.229. The van der Waals surface area contributed by atoms with E-state index in [0.29, 0.717) is 11.0 Å². The molecule has 0 radical (unpaired) electrons. The molecule has 0 aliphatic carbocycles. The Morgan fingerprint density at radius 1 is 1.16 bits per heavy atom. The summed E-state index contributed by atoms with van der Waals surface area (Å²) in [4.78, 5) is 16.5. The van der Waals surface area contributed by atoms with Crippen molar-refractivity contribution >= 4 is 39.8 Å². The molecule has 0 bridgehead atoms. The summed E-state index contributed by atoms with van der Waals surface area (Å²) in [5, 5.41) is 13.3. The Kier molecular flexibility index (Phi) is 7.08. The van der Waals surface area contributed by atoms with Crippen LogP contribution in [0.3, 0.4) is 0 Å². The van der Waals surface area contributed by atoms with E-state index in [1.807, 2.05) is 72.2 Å². The zero-order valence-electron chi connectivity index (χ0n) is 17.1. The van der Waals surface area contributed by atoms with Crippen LogP contribution in [0.5, 0.6) is 0 Å². The molecule has 2 heterocycles. The van der Waals surface area contributed by atoms with Crippen molar-refractivity contribution in [2.45, 2.75) is 12.1 Å². The molecule has 0 aliphatic heterocycles. The van der Waals surface area contributed by atoms with E-state index < -0.39 is 0 Å². The third-order valence-electron chi connectivity index (χ3n) is 4.42. The molecule has 1 amide bonds. The Bertz CT molecular complexity index is 1240. The second kappa shape index (κ2) is 10.3. The van der Waals surface area contributed by atoms with Gasteiger partial charge < -0.3 is 0 Å². The van der Waals surface area contributed by atoms with Crippen LogP contribution in [-0.4, -0.2) is 37.6 Å². The molecule has 0 fully saturated rings. The Hall–Kier alpha value is -3.30. The van der Waals surface area contributed by atoms with Gasteiger partial charge in [0.05, 0.1) is 12.0 Å². The summed E-state index contributed by atoms with van der Waals surface area (Å²) in [6.45, 7) is 2.01. The number of carbonyl (C=O) groups excluding carboxylic acids is 1. The number of rotatable bonds is 7. The summed E-state index contributed by atoms with van der Waals surface area (Å²) in [6.07, 6.45) is 5.07. The maximum Gasteiger partial charge on any atom is 0.250 e. The number of nitrogens with zero attached hydrogens (tertiary/aromatic N) is 5. The summed E-state index contributed by atoms with van der Waals surface area (Å²) in [5.74, 6) is 0.570. The Labute approximate surface area is 198 Å². The van der Waals surface area contributed by atoms with Gasteiger partial charge in [-0.05, 0) is 48.9 Å². The zero-order chi connectivity index (χ0) is 22.3. The van der Waals surface area contributed by atoms with Crippen molar-refractivity contribution in [3.05, 3.63) is 88.7 Å².